The minimum Gasteiger partial charge on any atom is -0.395 e. The zero-order valence-corrected chi connectivity index (χ0v) is 20.0. The average molecular weight is 477 g/mol. The van der Waals surface area contributed by atoms with Crippen LogP contribution in [0.25, 0.3) is 0 Å². The van der Waals surface area contributed by atoms with Gasteiger partial charge in [-0.05, 0) is 87.0 Å². The Bertz CT molecular complexity index is 1100. The van der Waals surface area contributed by atoms with Gasteiger partial charge in [0.25, 0.3) is 5.91 Å². The number of rotatable bonds is 3. The standard InChI is InChI=1S/C29H33FN2O3/c30-24-11-9-23(10-12-24)28(34)31-17-3-4-18-32-25(19-31)27(26(32)20-33)22-7-5-21(6-8-22)13-16-29(35)14-1-2-15-29/h5-12,25-27,33,35H,1-4,14-15,17-20H2/t25-,26+,27-/m1/s1. The smallest absolute Gasteiger partial charge is 0.253 e. The van der Waals surface area contributed by atoms with Crippen LogP contribution in [0.5, 0.6) is 0 Å². The number of carbonyl (C=O) groups is 1. The highest BCUT2D eigenvalue weighted by Crippen LogP contribution is 2.42. The van der Waals surface area contributed by atoms with E-state index in [0.29, 0.717) is 18.7 Å². The summed E-state index contributed by atoms with van der Waals surface area (Å²) in [5.74, 6) is 5.88. The zero-order valence-electron chi connectivity index (χ0n) is 20.0. The summed E-state index contributed by atoms with van der Waals surface area (Å²) in [4.78, 5) is 17.4. The summed E-state index contributed by atoms with van der Waals surface area (Å²) in [5, 5.41) is 20.7. The highest BCUT2D eigenvalue weighted by Gasteiger charge is 2.49. The third kappa shape index (κ3) is 4.99. The number of aliphatic hydroxyl groups is 2. The summed E-state index contributed by atoms with van der Waals surface area (Å²) in [7, 11) is 0. The third-order valence-electron chi connectivity index (χ3n) is 7.91. The maximum atomic E-state index is 13.4. The Hall–Kier alpha value is -2.72. The van der Waals surface area contributed by atoms with Gasteiger partial charge in [0.2, 0.25) is 0 Å². The van der Waals surface area contributed by atoms with Crippen LogP contribution in [0.4, 0.5) is 4.39 Å². The predicted octanol–water partition coefficient (Wildman–Crippen LogP) is 3.55. The largest absolute Gasteiger partial charge is 0.395 e. The monoisotopic (exact) mass is 476 g/mol. The molecule has 2 aromatic rings. The van der Waals surface area contributed by atoms with Crippen molar-refractivity contribution in [3.05, 3.63) is 71.0 Å². The van der Waals surface area contributed by atoms with Crippen molar-refractivity contribution < 1.29 is 19.4 Å². The highest BCUT2D eigenvalue weighted by molar-refractivity contribution is 5.94. The molecule has 0 bridgehead atoms. The van der Waals surface area contributed by atoms with Crippen LogP contribution < -0.4 is 0 Å². The first kappa shape index (κ1) is 24.0. The van der Waals surface area contributed by atoms with Gasteiger partial charge < -0.3 is 15.1 Å². The van der Waals surface area contributed by atoms with Crippen molar-refractivity contribution in [2.75, 3.05) is 26.2 Å². The maximum Gasteiger partial charge on any atom is 0.253 e. The number of carbonyl (C=O) groups excluding carboxylic acids is 1. The summed E-state index contributed by atoms with van der Waals surface area (Å²) < 4.78 is 13.4. The van der Waals surface area contributed by atoms with Crippen molar-refractivity contribution in [1.29, 1.82) is 0 Å². The van der Waals surface area contributed by atoms with Gasteiger partial charge in [-0.15, -0.1) is 0 Å². The van der Waals surface area contributed by atoms with E-state index in [1.54, 1.807) is 12.1 Å². The van der Waals surface area contributed by atoms with Gasteiger partial charge in [0, 0.05) is 42.2 Å². The molecular weight excluding hydrogens is 443 g/mol. The Labute approximate surface area is 206 Å². The first-order chi connectivity index (χ1) is 17.0. The maximum absolute atomic E-state index is 13.4. The Morgan fingerprint density at radius 3 is 2.37 bits per heavy atom. The minimum atomic E-state index is -0.853. The first-order valence-electron chi connectivity index (χ1n) is 12.7. The van der Waals surface area contributed by atoms with Crippen molar-refractivity contribution in [2.45, 2.75) is 62.1 Å². The van der Waals surface area contributed by atoms with Crippen LogP contribution in [0.2, 0.25) is 0 Å². The molecule has 184 valence electrons. The molecule has 6 heteroatoms. The number of benzene rings is 2. The fourth-order valence-corrected chi connectivity index (χ4v) is 5.96. The molecule has 35 heavy (non-hydrogen) atoms. The zero-order chi connectivity index (χ0) is 24.4. The molecule has 3 atom stereocenters. The molecule has 2 heterocycles. The molecule has 2 saturated heterocycles. The second kappa shape index (κ2) is 10.1. The van der Waals surface area contributed by atoms with Crippen molar-refractivity contribution in [3.63, 3.8) is 0 Å². The summed E-state index contributed by atoms with van der Waals surface area (Å²) in [6.07, 6.45) is 5.38. The van der Waals surface area contributed by atoms with E-state index in [1.807, 2.05) is 17.0 Å². The van der Waals surface area contributed by atoms with Crippen LogP contribution in [-0.4, -0.2) is 69.8 Å². The predicted molar refractivity (Wildman–Crippen MR) is 132 cm³/mol. The fraction of sp³-hybridized carbons (Fsp3) is 0.483. The Morgan fingerprint density at radius 2 is 1.69 bits per heavy atom. The van der Waals surface area contributed by atoms with Crippen molar-refractivity contribution in [3.8, 4) is 11.8 Å². The van der Waals surface area contributed by atoms with Gasteiger partial charge in [0.05, 0.1) is 6.61 Å². The number of aliphatic hydroxyl groups excluding tert-OH is 1. The number of fused-ring (bicyclic) bond motifs is 1. The molecule has 2 N–H and O–H groups in total. The molecule has 3 aliphatic rings. The minimum absolute atomic E-state index is 0.0250. The molecule has 2 aromatic carbocycles. The molecule has 5 nitrogen and oxygen atoms in total. The molecule has 0 unspecified atom stereocenters. The van der Waals surface area contributed by atoms with E-state index < -0.39 is 5.60 Å². The van der Waals surface area contributed by atoms with Crippen LogP contribution in [0.1, 0.15) is 65.9 Å². The first-order valence-corrected chi connectivity index (χ1v) is 12.7. The van der Waals surface area contributed by atoms with E-state index in [-0.39, 0.29) is 36.3 Å². The van der Waals surface area contributed by atoms with Crippen molar-refractivity contribution >= 4 is 5.91 Å². The van der Waals surface area contributed by atoms with Crippen LogP contribution >= 0.6 is 0 Å². The molecule has 1 aliphatic carbocycles. The van der Waals surface area contributed by atoms with E-state index in [1.165, 1.54) is 12.1 Å². The van der Waals surface area contributed by atoms with E-state index in [0.717, 1.165) is 56.2 Å². The second-order valence-electron chi connectivity index (χ2n) is 10.2. The van der Waals surface area contributed by atoms with E-state index in [9.17, 15) is 19.4 Å². The lowest BCUT2D eigenvalue weighted by atomic mass is 9.74. The molecule has 5 rings (SSSR count). The number of hydrogen-bond donors (Lipinski definition) is 2. The van der Waals surface area contributed by atoms with Gasteiger partial charge in [-0.2, -0.15) is 0 Å². The summed E-state index contributed by atoms with van der Waals surface area (Å²) in [5.41, 5.74) is 1.65. The summed E-state index contributed by atoms with van der Waals surface area (Å²) in [6, 6.07) is 14.0. The topological polar surface area (TPSA) is 64.0 Å². The van der Waals surface area contributed by atoms with Crippen molar-refractivity contribution in [1.82, 2.24) is 9.80 Å². The van der Waals surface area contributed by atoms with Crippen LogP contribution in [-0.2, 0) is 0 Å². The number of hydrogen-bond acceptors (Lipinski definition) is 4. The van der Waals surface area contributed by atoms with Gasteiger partial charge in [0.1, 0.15) is 11.4 Å². The van der Waals surface area contributed by atoms with Gasteiger partial charge in [-0.1, -0.05) is 24.0 Å². The lowest BCUT2D eigenvalue weighted by molar-refractivity contribution is -0.0606. The van der Waals surface area contributed by atoms with Gasteiger partial charge in [-0.25, -0.2) is 4.39 Å². The van der Waals surface area contributed by atoms with Crippen molar-refractivity contribution in [2.24, 2.45) is 0 Å². The van der Waals surface area contributed by atoms with Crippen LogP contribution in [0.15, 0.2) is 48.5 Å². The average Bonchev–Trinajstić information content (AvgIpc) is 3.29. The van der Waals surface area contributed by atoms with Crippen LogP contribution in [0, 0.1) is 17.7 Å². The van der Waals surface area contributed by atoms with E-state index in [2.05, 4.69) is 28.9 Å². The number of nitrogens with zero attached hydrogens (tertiary/aromatic N) is 2. The van der Waals surface area contributed by atoms with E-state index in [4.69, 9.17) is 0 Å². The molecule has 0 aromatic heterocycles. The molecule has 3 fully saturated rings. The Balaban J connectivity index is 1.34. The Kier molecular flexibility index (Phi) is 6.93. The van der Waals surface area contributed by atoms with Gasteiger partial charge >= 0.3 is 0 Å². The van der Waals surface area contributed by atoms with E-state index >= 15 is 0 Å². The molecule has 1 amide bonds. The number of halogens is 1. The molecule has 0 radical (unpaired) electrons. The Morgan fingerprint density at radius 1 is 1.00 bits per heavy atom. The normalized spacial score (nSPS) is 26.0. The SMILES string of the molecule is O=C(c1ccc(F)cc1)N1CCCCN2[C@H](C1)[C@@H](c1ccc(C#CC3(O)CCCC3)cc1)[C@@H]2CO. The third-order valence-corrected chi connectivity index (χ3v) is 7.91. The highest BCUT2D eigenvalue weighted by atomic mass is 19.1. The summed E-state index contributed by atoms with van der Waals surface area (Å²) in [6.45, 7) is 2.23. The molecule has 1 saturated carbocycles. The second-order valence-corrected chi connectivity index (χ2v) is 10.2. The quantitative estimate of drug-likeness (QED) is 0.666. The van der Waals surface area contributed by atoms with Gasteiger partial charge in [0.15, 0.2) is 0 Å². The summed E-state index contributed by atoms with van der Waals surface area (Å²) >= 11 is 0. The van der Waals surface area contributed by atoms with Crippen LogP contribution in [0.3, 0.4) is 0 Å². The lowest BCUT2D eigenvalue weighted by Gasteiger charge is -2.57. The fourth-order valence-electron chi connectivity index (χ4n) is 5.96. The molecule has 2 aliphatic heterocycles. The van der Waals surface area contributed by atoms with Gasteiger partial charge in [-0.3, -0.25) is 9.69 Å². The number of amides is 1. The molecular formula is C29H33FN2O3. The molecule has 0 spiro atoms. The lowest BCUT2D eigenvalue weighted by Crippen LogP contribution is -2.67.